The number of aliphatic hydroxyl groups is 2. The number of nitrogens with one attached hydrogen (secondary N) is 1. The smallest absolute Gasteiger partial charge is 0.305 e. The maximum atomic E-state index is 12.5. The highest BCUT2D eigenvalue weighted by Crippen LogP contribution is 2.21. The largest absolute Gasteiger partial charge is 0.466 e. The Balaban J connectivity index is 3.31. The van der Waals surface area contributed by atoms with E-state index in [1.54, 1.807) is 6.08 Å². The summed E-state index contributed by atoms with van der Waals surface area (Å²) in [5.41, 5.74) is 0. The minimum atomic E-state index is -0.841. The fourth-order valence-electron chi connectivity index (χ4n) is 13.9. The summed E-state index contributed by atoms with van der Waals surface area (Å²) in [7, 11) is 0. The molecule has 2 atom stereocenters. The fraction of sp³-hybridized carbons (Fsp3) is 0.931. The van der Waals surface area contributed by atoms with Crippen molar-refractivity contribution in [1.82, 2.24) is 5.32 Å². The molecule has 3 N–H and O–H groups in total. The molecule has 0 bridgehead atoms. The predicted octanol–water partition coefficient (Wildman–Crippen LogP) is 28.8. The molecule has 0 aromatic carbocycles. The third-order valence-corrected chi connectivity index (χ3v) is 20.5. The molecule has 6 nitrogen and oxygen atoms in total. The number of carbonyl (C=O) groups is 2. The standard InChI is InChI=1S/C87H169NO5/c1-3-5-7-9-11-13-15-17-19-21-22-44-48-51-55-59-63-67-71-75-79-85(90)84(83-89)88-86(91)80-76-72-68-64-60-56-52-49-45-42-40-38-36-34-32-30-28-26-24-23-25-27-29-31-33-35-37-39-41-43-46-50-54-58-62-66-70-74-78-82-93-87(92)81-77-73-69-65-61-57-53-47-20-18-16-14-12-10-8-6-4-2/h18,20,75,79,84-85,89-90H,3-17,19,21-74,76-78,80-83H2,1-2H3,(H,88,91)/b20-18-,79-75+. The Labute approximate surface area is 583 Å². The number of esters is 1. The number of rotatable bonds is 82. The van der Waals surface area contributed by atoms with Crippen LogP contribution in [0.5, 0.6) is 0 Å². The van der Waals surface area contributed by atoms with E-state index in [1.165, 1.54) is 430 Å². The number of hydrogen-bond acceptors (Lipinski definition) is 5. The zero-order chi connectivity index (χ0) is 67.0. The van der Waals surface area contributed by atoms with Crippen LogP contribution in [0.15, 0.2) is 24.3 Å². The molecule has 0 saturated heterocycles. The Morgan fingerprint density at radius 1 is 0.290 bits per heavy atom. The second kappa shape index (κ2) is 82.8. The molecule has 552 valence electrons. The van der Waals surface area contributed by atoms with E-state index in [1.807, 2.05) is 6.08 Å². The van der Waals surface area contributed by atoms with Crippen LogP contribution in [0.2, 0.25) is 0 Å². The first-order chi connectivity index (χ1) is 46.0. The van der Waals surface area contributed by atoms with E-state index >= 15 is 0 Å². The van der Waals surface area contributed by atoms with Crippen LogP contribution >= 0.6 is 0 Å². The summed E-state index contributed by atoms with van der Waals surface area (Å²) in [5.74, 6) is -0.0352. The normalized spacial score (nSPS) is 12.5. The molecule has 0 radical (unpaired) electrons. The number of amides is 1. The SMILES string of the molecule is CCCCCCCC/C=C\CCCCCCCCCC(=O)OCCCCCCCCCCCCCCCCCCCCCCCCCCCCCCCCCCCCCCCCCC(=O)NC(CO)C(O)/C=C/CCCCCCCCCCCCCCCCCCCC. The van der Waals surface area contributed by atoms with E-state index < -0.39 is 12.1 Å². The third kappa shape index (κ3) is 79.2. The van der Waals surface area contributed by atoms with Crippen LogP contribution in [0.25, 0.3) is 0 Å². The van der Waals surface area contributed by atoms with Gasteiger partial charge in [0, 0.05) is 12.8 Å². The first kappa shape index (κ1) is 91.3. The molecule has 6 heteroatoms. The third-order valence-electron chi connectivity index (χ3n) is 20.5. The van der Waals surface area contributed by atoms with Gasteiger partial charge >= 0.3 is 5.97 Å². The molecule has 0 aromatic heterocycles. The van der Waals surface area contributed by atoms with Gasteiger partial charge in [0.1, 0.15) is 0 Å². The molecule has 0 aliphatic carbocycles. The van der Waals surface area contributed by atoms with Gasteiger partial charge in [0.25, 0.3) is 0 Å². The monoisotopic (exact) mass is 1310 g/mol. The van der Waals surface area contributed by atoms with Crippen molar-refractivity contribution in [2.45, 2.75) is 508 Å². The Bertz CT molecular complexity index is 1460. The van der Waals surface area contributed by atoms with E-state index in [0.717, 1.165) is 38.5 Å². The molecule has 0 rings (SSSR count). The lowest BCUT2D eigenvalue weighted by Gasteiger charge is -2.20. The summed E-state index contributed by atoms with van der Waals surface area (Å²) < 4.78 is 5.52. The first-order valence-electron chi connectivity index (χ1n) is 43.1. The summed E-state index contributed by atoms with van der Waals surface area (Å²) >= 11 is 0. The van der Waals surface area contributed by atoms with Crippen molar-refractivity contribution in [1.29, 1.82) is 0 Å². The van der Waals surface area contributed by atoms with Crippen LogP contribution in [0, 0.1) is 0 Å². The van der Waals surface area contributed by atoms with Gasteiger partial charge in [-0.25, -0.2) is 0 Å². The molecular weight excluding hydrogens is 1140 g/mol. The quantitative estimate of drug-likeness (QED) is 0.0320. The predicted molar refractivity (Wildman–Crippen MR) is 412 cm³/mol. The lowest BCUT2D eigenvalue weighted by Crippen LogP contribution is -2.45. The van der Waals surface area contributed by atoms with Gasteiger partial charge in [-0.15, -0.1) is 0 Å². The van der Waals surface area contributed by atoms with Gasteiger partial charge in [-0.05, 0) is 57.8 Å². The Morgan fingerprint density at radius 2 is 0.505 bits per heavy atom. The van der Waals surface area contributed by atoms with Crippen molar-refractivity contribution < 1.29 is 24.5 Å². The highest BCUT2D eigenvalue weighted by atomic mass is 16.5. The van der Waals surface area contributed by atoms with Gasteiger partial charge in [0.2, 0.25) is 5.91 Å². The second-order valence-corrected chi connectivity index (χ2v) is 29.9. The molecule has 93 heavy (non-hydrogen) atoms. The topological polar surface area (TPSA) is 95.9 Å². The lowest BCUT2D eigenvalue weighted by molar-refractivity contribution is -0.143. The summed E-state index contributed by atoms with van der Waals surface area (Å²) in [5, 5.41) is 23.3. The highest BCUT2D eigenvalue weighted by Gasteiger charge is 2.18. The van der Waals surface area contributed by atoms with Crippen LogP contribution in [0.1, 0.15) is 495 Å². The minimum absolute atomic E-state index is 0.0217. The molecule has 0 aliphatic heterocycles. The van der Waals surface area contributed by atoms with Crippen molar-refractivity contribution >= 4 is 11.9 Å². The lowest BCUT2D eigenvalue weighted by atomic mass is 10.0. The molecular formula is C87H169NO5. The molecule has 0 spiro atoms. The van der Waals surface area contributed by atoms with Gasteiger partial charge in [0.15, 0.2) is 0 Å². The summed E-state index contributed by atoms with van der Waals surface area (Å²) in [6.45, 7) is 4.96. The number of hydrogen-bond donors (Lipinski definition) is 3. The van der Waals surface area contributed by atoms with Crippen molar-refractivity contribution in [3.8, 4) is 0 Å². The second-order valence-electron chi connectivity index (χ2n) is 29.9. The van der Waals surface area contributed by atoms with Crippen molar-refractivity contribution in [2.75, 3.05) is 13.2 Å². The average Bonchev–Trinajstić information content (AvgIpc) is 3.78. The summed E-state index contributed by atoms with van der Waals surface area (Å²) in [6, 6.07) is -0.624. The van der Waals surface area contributed by atoms with E-state index in [-0.39, 0.29) is 18.5 Å². The van der Waals surface area contributed by atoms with E-state index in [2.05, 4.69) is 31.3 Å². The number of carbonyl (C=O) groups excluding carboxylic acids is 2. The molecule has 0 fully saturated rings. The fourth-order valence-corrected chi connectivity index (χ4v) is 13.9. The van der Waals surface area contributed by atoms with Crippen molar-refractivity contribution in [3.63, 3.8) is 0 Å². The minimum Gasteiger partial charge on any atom is -0.466 e. The average molecular weight is 1310 g/mol. The number of allylic oxidation sites excluding steroid dienone is 3. The van der Waals surface area contributed by atoms with Gasteiger partial charge in [0.05, 0.1) is 25.4 Å². The zero-order valence-electron chi connectivity index (χ0n) is 63.5. The molecule has 0 saturated carbocycles. The first-order valence-corrected chi connectivity index (χ1v) is 43.1. The maximum Gasteiger partial charge on any atom is 0.305 e. The Kier molecular flexibility index (Phi) is 81.3. The van der Waals surface area contributed by atoms with Crippen LogP contribution in [-0.4, -0.2) is 47.4 Å². The maximum absolute atomic E-state index is 12.5. The summed E-state index contributed by atoms with van der Waals surface area (Å²) in [6.07, 6.45) is 108. The van der Waals surface area contributed by atoms with E-state index in [4.69, 9.17) is 4.74 Å². The van der Waals surface area contributed by atoms with Crippen LogP contribution < -0.4 is 5.32 Å². The van der Waals surface area contributed by atoms with E-state index in [9.17, 15) is 19.8 Å². The molecule has 0 aliphatic rings. The van der Waals surface area contributed by atoms with Gasteiger partial charge < -0.3 is 20.3 Å². The molecule has 0 aromatic rings. The highest BCUT2D eigenvalue weighted by molar-refractivity contribution is 5.76. The van der Waals surface area contributed by atoms with Crippen LogP contribution in [0.3, 0.4) is 0 Å². The zero-order valence-corrected chi connectivity index (χ0v) is 63.5. The van der Waals surface area contributed by atoms with Gasteiger partial charge in [-0.1, -0.05) is 449 Å². The molecule has 2 unspecified atom stereocenters. The Hall–Kier alpha value is -1.66. The van der Waals surface area contributed by atoms with Crippen LogP contribution in [-0.2, 0) is 14.3 Å². The van der Waals surface area contributed by atoms with E-state index in [0.29, 0.717) is 19.4 Å². The molecule has 0 heterocycles. The van der Waals surface area contributed by atoms with Gasteiger partial charge in [-0.3, -0.25) is 9.59 Å². The number of unbranched alkanes of at least 4 members (excludes halogenated alkanes) is 69. The van der Waals surface area contributed by atoms with Gasteiger partial charge in [-0.2, -0.15) is 0 Å². The number of ether oxygens (including phenoxy) is 1. The summed E-state index contributed by atoms with van der Waals surface area (Å²) in [4.78, 5) is 24.7. The Morgan fingerprint density at radius 3 is 0.763 bits per heavy atom. The number of aliphatic hydroxyl groups excluding tert-OH is 2. The van der Waals surface area contributed by atoms with Crippen LogP contribution in [0.4, 0.5) is 0 Å². The molecule has 1 amide bonds. The van der Waals surface area contributed by atoms with Crippen molar-refractivity contribution in [3.05, 3.63) is 24.3 Å². The van der Waals surface area contributed by atoms with Crippen molar-refractivity contribution in [2.24, 2.45) is 0 Å².